The molecule has 2 rings (SSSR count). The summed E-state index contributed by atoms with van der Waals surface area (Å²) in [5.41, 5.74) is 1.45. The Morgan fingerprint density at radius 1 is 1.24 bits per heavy atom. The lowest BCUT2D eigenvalue weighted by Crippen LogP contribution is -2.33. The Labute approximate surface area is 99.0 Å². The van der Waals surface area contributed by atoms with Crippen molar-refractivity contribution in [3.8, 4) is 0 Å². The van der Waals surface area contributed by atoms with Gasteiger partial charge >= 0.3 is 6.18 Å². The largest absolute Gasteiger partial charge is 0.407 e. The van der Waals surface area contributed by atoms with Crippen molar-refractivity contribution in [3.63, 3.8) is 0 Å². The maximum absolute atomic E-state index is 12.8. The van der Waals surface area contributed by atoms with E-state index in [9.17, 15) is 13.2 Å². The fourth-order valence-corrected chi connectivity index (χ4v) is 2.00. The van der Waals surface area contributed by atoms with Crippen LogP contribution in [0.25, 0.3) is 0 Å². The molecule has 1 fully saturated rings. The summed E-state index contributed by atoms with van der Waals surface area (Å²) in [5.74, 6) is 0.576. The molecule has 0 spiro atoms. The minimum atomic E-state index is -4.24. The number of halogens is 3. The van der Waals surface area contributed by atoms with Gasteiger partial charge in [-0.1, -0.05) is 31.2 Å². The van der Waals surface area contributed by atoms with Crippen molar-refractivity contribution < 1.29 is 13.2 Å². The molecule has 0 radical (unpaired) electrons. The molecular weight excluding hydrogens is 227 g/mol. The summed E-state index contributed by atoms with van der Waals surface area (Å²) >= 11 is 0. The van der Waals surface area contributed by atoms with Crippen molar-refractivity contribution in [2.24, 2.45) is 0 Å². The van der Waals surface area contributed by atoms with Gasteiger partial charge in [-0.05, 0) is 36.4 Å². The van der Waals surface area contributed by atoms with Crippen molar-refractivity contribution in [2.45, 2.75) is 37.9 Å². The van der Waals surface area contributed by atoms with Crippen molar-refractivity contribution in [2.75, 3.05) is 6.54 Å². The van der Waals surface area contributed by atoms with E-state index in [1.54, 1.807) is 19.1 Å². The SMILES string of the molecule is CCNC(c1ccc(C2CC2)cc1)C(F)(F)F. The molecule has 1 aliphatic rings. The third-order valence-electron chi connectivity index (χ3n) is 3.05. The summed E-state index contributed by atoms with van der Waals surface area (Å²) < 4.78 is 38.4. The van der Waals surface area contributed by atoms with Gasteiger partial charge in [0.05, 0.1) is 0 Å². The molecule has 1 aliphatic carbocycles. The van der Waals surface area contributed by atoms with Crippen LogP contribution in [0.5, 0.6) is 0 Å². The zero-order valence-corrected chi connectivity index (χ0v) is 9.72. The summed E-state index contributed by atoms with van der Waals surface area (Å²) in [6, 6.07) is 5.27. The molecule has 1 unspecified atom stereocenters. The summed E-state index contributed by atoms with van der Waals surface area (Å²) in [6.07, 6.45) is -1.92. The summed E-state index contributed by atoms with van der Waals surface area (Å²) in [5, 5.41) is 2.48. The van der Waals surface area contributed by atoms with E-state index in [2.05, 4.69) is 5.32 Å². The molecule has 0 amide bonds. The van der Waals surface area contributed by atoms with Crippen molar-refractivity contribution in [1.82, 2.24) is 5.32 Å². The number of benzene rings is 1. The normalized spacial score (nSPS) is 18.1. The second kappa shape index (κ2) is 4.69. The van der Waals surface area contributed by atoms with Crippen LogP contribution >= 0.6 is 0 Å². The molecule has 1 aromatic rings. The van der Waals surface area contributed by atoms with E-state index in [0.717, 1.165) is 18.4 Å². The maximum Gasteiger partial charge on any atom is 0.407 e. The first-order valence-electron chi connectivity index (χ1n) is 5.92. The Balaban J connectivity index is 2.17. The van der Waals surface area contributed by atoms with Gasteiger partial charge in [-0.25, -0.2) is 0 Å². The monoisotopic (exact) mass is 243 g/mol. The Kier molecular flexibility index (Phi) is 3.43. The number of alkyl halides is 3. The first-order valence-corrected chi connectivity index (χ1v) is 5.92. The van der Waals surface area contributed by atoms with Crippen molar-refractivity contribution >= 4 is 0 Å². The lowest BCUT2D eigenvalue weighted by Gasteiger charge is -2.21. The highest BCUT2D eigenvalue weighted by Crippen LogP contribution is 2.41. The van der Waals surface area contributed by atoms with Gasteiger partial charge in [0.25, 0.3) is 0 Å². The highest BCUT2D eigenvalue weighted by molar-refractivity contribution is 5.30. The van der Waals surface area contributed by atoms with Crippen molar-refractivity contribution in [3.05, 3.63) is 35.4 Å². The van der Waals surface area contributed by atoms with Crippen LogP contribution in [-0.4, -0.2) is 12.7 Å². The van der Waals surface area contributed by atoms with Gasteiger partial charge < -0.3 is 5.32 Å². The van der Waals surface area contributed by atoms with Gasteiger partial charge in [-0.15, -0.1) is 0 Å². The van der Waals surface area contributed by atoms with E-state index >= 15 is 0 Å². The Morgan fingerprint density at radius 2 is 1.82 bits per heavy atom. The number of hydrogen-bond acceptors (Lipinski definition) is 1. The summed E-state index contributed by atoms with van der Waals surface area (Å²) in [6.45, 7) is 1.98. The number of rotatable bonds is 4. The lowest BCUT2D eigenvalue weighted by atomic mass is 10.0. The van der Waals surface area contributed by atoms with E-state index in [-0.39, 0.29) is 0 Å². The average Bonchev–Trinajstić information content (AvgIpc) is 3.08. The van der Waals surface area contributed by atoms with Gasteiger partial charge in [0.2, 0.25) is 0 Å². The molecular formula is C13H16F3N. The fourth-order valence-electron chi connectivity index (χ4n) is 2.00. The maximum atomic E-state index is 12.8. The number of nitrogens with one attached hydrogen (secondary N) is 1. The Morgan fingerprint density at radius 3 is 2.24 bits per heavy atom. The van der Waals surface area contributed by atoms with Gasteiger partial charge in [0.1, 0.15) is 6.04 Å². The third-order valence-corrected chi connectivity index (χ3v) is 3.05. The van der Waals surface area contributed by atoms with Gasteiger partial charge in [-0.3, -0.25) is 0 Å². The molecule has 0 bridgehead atoms. The van der Waals surface area contributed by atoms with Crippen LogP contribution in [0, 0.1) is 0 Å². The number of hydrogen-bond donors (Lipinski definition) is 1. The molecule has 1 atom stereocenters. The van der Waals surface area contributed by atoms with Crippen LogP contribution in [0.15, 0.2) is 24.3 Å². The Bertz CT molecular complexity index is 365. The van der Waals surface area contributed by atoms with Crippen LogP contribution in [0.4, 0.5) is 13.2 Å². The molecule has 4 heteroatoms. The smallest absolute Gasteiger partial charge is 0.303 e. The van der Waals surface area contributed by atoms with Crippen molar-refractivity contribution in [1.29, 1.82) is 0 Å². The second-order valence-corrected chi connectivity index (χ2v) is 4.47. The molecule has 1 N–H and O–H groups in total. The topological polar surface area (TPSA) is 12.0 Å². The van der Waals surface area contributed by atoms with Crippen LogP contribution in [0.2, 0.25) is 0 Å². The minimum absolute atomic E-state index is 0.295. The highest BCUT2D eigenvalue weighted by atomic mass is 19.4. The molecule has 1 nitrogen and oxygen atoms in total. The Hall–Kier alpha value is -1.03. The molecule has 94 valence electrons. The zero-order valence-electron chi connectivity index (χ0n) is 9.72. The predicted molar refractivity (Wildman–Crippen MR) is 60.9 cm³/mol. The summed E-state index contributed by atoms with van der Waals surface area (Å²) in [7, 11) is 0. The second-order valence-electron chi connectivity index (χ2n) is 4.47. The molecule has 1 aromatic carbocycles. The minimum Gasteiger partial charge on any atom is -0.303 e. The molecule has 1 saturated carbocycles. The molecule has 0 aliphatic heterocycles. The highest BCUT2D eigenvalue weighted by Gasteiger charge is 2.40. The van der Waals surface area contributed by atoms with E-state index in [4.69, 9.17) is 0 Å². The zero-order chi connectivity index (χ0) is 12.5. The van der Waals surface area contributed by atoms with Gasteiger partial charge in [-0.2, -0.15) is 13.2 Å². The third kappa shape index (κ3) is 3.00. The first-order chi connectivity index (χ1) is 8.02. The van der Waals surface area contributed by atoms with Crippen LogP contribution in [0.1, 0.15) is 42.9 Å². The van der Waals surface area contributed by atoms with Gasteiger partial charge in [0.15, 0.2) is 0 Å². The van der Waals surface area contributed by atoms with E-state index in [1.165, 1.54) is 0 Å². The molecule has 17 heavy (non-hydrogen) atoms. The lowest BCUT2D eigenvalue weighted by molar-refractivity contribution is -0.157. The molecule has 0 heterocycles. The fraction of sp³-hybridized carbons (Fsp3) is 0.538. The molecule has 0 saturated heterocycles. The van der Waals surface area contributed by atoms with E-state index < -0.39 is 12.2 Å². The van der Waals surface area contributed by atoms with Crippen LogP contribution in [0.3, 0.4) is 0 Å². The van der Waals surface area contributed by atoms with E-state index in [1.807, 2.05) is 12.1 Å². The average molecular weight is 243 g/mol. The van der Waals surface area contributed by atoms with Crippen LogP contribution in [-0.2, 0) is 0 Å². The first kappa shape index (κ1) is 12.4. The quantitative estimate of drug-likeness (QED) is 0.848. The summed E-state index contributed by atoms with van der Waals surface area (Å²) in [4.78, 5) is 0. The predicted octanol–water partition coefficient (Wildman–Crippen LogP) is 3.78. The van der Waals surface area contributed by atoms with Gasteiger partial charge in [0, 0.05) is 0 Å². The standard InChI is InChI=1S/C13H16F3N/c1-2-17-12(13(14,15)16)11-7-5-10(6-8-11)9-3-4-9/h5-9,12,17H,2-4H2,1H3. The van der Waals surface area contributed by atoms with E-state index in [0.29, 0.717) is 18.0 Å². The van der Waals surface area contributed by atoms with Crippen LogP contribution < -0.4 is 5.32 Å². The molecule has 0 aromatic heterocycles.